The number of hydrogen-bond donors (Lipinski definition) is 1. The summed E-state index contributed by atoms with van der Waals surface area (Å²) in [6.07, 6.45) is 0.397. The third-order valence-electron chi connectivity index (χ3n) is 5.84. The van der Waals surface area contributed by atoms with Crippen molar-refractivity contribution in [3.8, 4) is 0 Å². The highest BCUT2D eigenvalue weighted by Gasteiger charge is 2.41. The van der Waals surface area contributed by atoms with Crippen LogP contribution in [0.3, 0.4) is 0 Å². The number of aromatic nitrogens is 4. The maximum Gasteiger partial charge on any atom is 0.436 e. The molecule has 176 valence electrons. The van der Waals surface area contributed by atoms with Gasteiger partial charge in [0, 0.05) is 18.5 Å². The third kappa shape index (κ3) is 4.72. The molecule has 0 atom stereocenters. The summed E-state index contributed by atoms with van der Waals surface area (Å²) in [7, 11) is 0. The van der Waals surface area contributed by atoms with Crippen LogP contribution in [0.25, 0.3) is 10.8 Å². The second-order valence-corrected chi connectivity index (χ2v) is 9.20. The summed E-state index contributed by atoms with van der Waals surface area (Å²) in [5, 5.41) is 13.1. The van der Waals surface area contributed by atoms with E-state index in [4.69, 9.17) is 0 Å². The molecule has 1 amide bonds. The maximum atomic E-state index is 13.3. The Morgan fingerprint density at radius 2 is 1.91 bits per heavy atom. The average Bonchev–Trinajstić information content (AvgIpc) is 3.44. The summed E-state index contributed by atoms with van der Waals surface area (Å²) in [6.45, 7) is 0.611. The Bertz CT molecular complexity index is 1350. The molecule has 1 saturated carbocycles. The van der Waals surface area contributed by atoms with E-state index in [0.717, 1.165) is 29.2 Å². The van der Waals surface area contributed by atoms with Crippen LogP contribution in [0.1, 0.15) is 42.1 Å². The fourth-order valence-corrected chi connectivity index (χ4v) is 4.93. The van der Waals surface area contributed by atoms with Crippen LogP contribution in [0, 0.1) is 0 Å². The molecule has 34 heavy (non-hydrogen) atoms. The van der Waals surface area contributed by atoms with Gasteiger partial charge in [0.2, 0.25) is 5.91 Å². The zero-order valence-electron chi connectivity index (χ0n) is 18.0. The van der Waals surface area contributed by atoms with Crippen LogP contribution >= 0.6 is 15.9 Å². The number of nitrogens with one attached hydrogen (secondary N) is 1. The van der Waals surface area contributed by atoms with Crippen LogP contribution in [-0.2, 0) is 24.1 Å². The Morgan fingerprint density at radius 3 is 2.68 bits per heavy atom. The summed E-state index contributed by atoms with van der Waals surface area (Å²) in [6, 6.07) is 14.2. The van der Waals surface area contributed by atoms with E-state index in [1.807, 2.05) is 24.3 Å². The van der Waals surface area contributed by atoms with Crippen LogP contribution in [0.5, 0.6) is 0 Å². The first-order valence-electron chi connectivity index (χ1n) is 10.9. The fraction of sp³-hybridized carbons (Fsp3) is 0.292. The lowest BCUT2D eigenvalue weighted by Crippen LogP contribution is -2.16. The van der Waals surface area contributed by atoms with Crippen LogP contribution in [0.2, 0.25) is 0 Å². The van der Waals surface area contributed by atoms with E-state index in [0.29, 0.717) is 17.9 Å². The second-order valence-electron chi connectivity index (χ2n) is 8.41. The molecule has 5 rings (SSSR count). The predicted octanol–water partition coefficient (Wildman–Crippen LogP) is 5.97. The molecule has 2 heterocycles. The van der Waals surface area contributed by atoms with Gasteiger partial charge in [0.25, 0.3) is 0 Å². The monoisotopic (exact) mass is 531 g/mol. The van der Waals surface area contributed by atoms with Crippen molar-refractivity contribution in [2.45, 2.75) is 44.4 Å². The number of nitrogens with zero attached hydrogens (tertiary/aromatic N) is 4. The van der Waals surface area contributed by atoms with Crippen molar-refractivity contribution in [1.82, 2.24) is 19.6 Å². The van der Waals surface area contributed by atoms with E-state index in [9.17, 15) is 18.0 Å². The molecule has 0 bridgehead atoms. The largest absolute Gasteiger partial charge is 0.436 e. The van der Waals surface area contributed by atoms with Gasteiger partial charge in [-0.1, -0.05) is 42.5 Å². The predicted molar refractivity (Wildman–Crippen MR) is 125 cm³/mol. The minimum Gasteiger partial charge on any atom is -0.323 e. The molecule has 0 spiro atoms. The molecule has 2 aromatic heterocycles. The molecule has 6 nitrogen and oxygen atoms in total. The van der Waals surface area contributed by atoms with Gasteiger partial charge < -0.3 is 5.32 Å². The molecule has 4 aromatic rings. The van der Waals surface area contributed by atoms with Crippen molar-refractivity contribution in [3.05, 3.63) is 76.3 Å². The molecule has 10 heteroatoms. The van der Waals surface area contributed by atoms with Gasteiger partial charge >= 0.3 is 6.18 Å². The minimum absolute atomic E-state index is 0.000357. The third-order valence-corrected chi connectivity index (χ3v) is 6.63. The average molecular weight is 532 g/mol. The summed E-state index contributed by atoms with van der Waals surface area (Å²) < 4.78 is 42.8. The van der Waals surface area contributed by atoms with Gasteiger partial charge in [-0.2, -0.15) is 23.4 Å². The van der Waals surface area contributed by atoms with Crippen molar-refractivity contribution < 1.29 is 18.0 Å². The summed E-state index contributed by atoms with van der Waals surface area (Å²) >= 11 is 3.07. The number of carbonyl (C=O) groups is 1. The number of anilines is 1. The van der Waals surface area contributed by atoms with Gasteiger partial charge in [-0.25, -0.2) is 0 Å². The van der Waals surface area contributed by atoms with Crippen LogP contribution in [-0.4, -0.2) is 25.5 Å². The number of aryl methyl sites for hydroxylation is 1. The molecular formula is C24H21BrF3N5O. The lowest BCUT2D eigenvalue weighted by Gasteiger charge is -2.08. The molecule has 0 unspecified atom stereocenters. The van der Waals surface area contributed by atoms with Gasteiger partial charge in [0.15, 0.2) is 5.69 Å². The zero-order chi connectivity index (χ0) is 23.9. The van der Waals surface area contributed by atoms with Crippen LogP contribution in [0.15, 0.2) is 59.3 Å². The fourth-order valence-electron chi connectivity index (χ4n) is 4.10. The van der Waals surface area contributed by atoms with E-state index in [-0.39, 0.29) is 29.3 Å². The number of fused-ring (bicyclic) bond motifs is 1. The SMILES string of the molecule is O=C(CCn1nc(C(F)(F)F)c(Br)c1C1CC1)Nc1cnn(Cc2cccc3ccccc23)c1. The van der Waals surface area contributed by atoms with Gasteiger partial charge in [0.1, 0.15) is 0 Å². The minimum atomic E-state index is -4.55. The van der Waals surface area contributed by atoms with E-state index in [1.54, 1.807) is 17.1 Å². The van der Waals surface area contributed by atoms with Crippen molar-refractivity contribution in [1.29, 1.82) is 0 Å². The van der Waals surface area contributed by atoms with E-state index < -0.39 is 11.9 Å². The maximum absolute atomic E-state index is 13.3. The second kappa shape index (κ2) is 8.90. The first-order chi connectivity index (χ1) is 16.3. The highest BCUT2D eigenvalue weighted by atomic mass is 79.9. The van der Waals surface area contributed by atoms with Gasteiger partial charge in [-0.3, -0.25) is 14.2 Å². The Balaban J connectivity index is 1.23. The number of halogens is 4. The molecule has 1 fully saturated rings. The summed E-state index contributed by atoms with van der Waals surface area (Å²) in [5.74, 6) is -0.264. The number of hydrogen-bond acceptors (Lipinski definition) is 3. The number of alkyl halides is 3. The Labute approximate surface area is 201 Å². The Morgan fingerprint density at radius 1 is 1.15 bits per heavy atom. The summed E-state index contributed by atoms with van der Waals surface area (Å²) in [5.41, 5.74) is 1.22. The molecule has 1 N–H and O–H groups in total. The first-order valence-corrected chi connectivity index (χ1v) is 11.7. The molecular weight excluding hydrogens is 511 g/mol. The number of rotatable bonds is 7. The number of amides is 1. The number of carbonyl (C=O) groups excluding carboxylic acids is 1. The lowest BCUT2D eigenvalue weighted by molar-refractivity contribution is -0.142. The number of benzene rings is 2. The lowest BCUT2D eigenvalue weighted by atomic mass is 10.0. The highest BCUT2D eigenvalue weighted by molar-refractivity contribution is 9.10. The molecule has 2 aromatic carbocycles. The quantitative estimate of drug-likeness (QED) is 0.319. The van der Waals surface area contributed by atoms with Crippen molar-refractivity contribution in [3.63, 3.8) is 0 Å². The van der Waals surface area contributed by atoms with E-state index in [2.05, 4.69) is 49.6 Å². The van der Waals surface area contributed by atoms with Crippen molar-refractivity contribution in [2.75, 3.05) is 5.32 Å². The van der Waals surface area contributed by atoms with E-state index in [1.165, 1.54) is 4.68 Å². The molecule has 1 aliphatic rings. The van der Waals surface area contributed by atoms with Crippen LogP contribution in [0.4, 0.5) is 18.9 Å². The smallest absolute Gasteiger partial charge is 0.323 e. The molecule has 0 radical (unpaired) electrons. The van der Waals surface area contributed by atoms with Gasteiger partial charge in [-0.05, 0) is 45.1 Å². The molecule has 0 saturated heterocycles. The Kier molecular flexibility index (Phi) is 5.93. The van der Waals surface area contributed by atoms with Crippen molar-refractivity contribution in [2.24, 2.45) is 0 Å². The van der Waals surface area contributed by atoms with Gasteiger partial charge in [-0.15, -0.1) is 0 Å². The Hall–Kier alpha value is -3.14. The molecule has 0 aliphatic heterocycles. The topological polar surface area (TPSA) is 64.7 Å². The zero-order valence-corrected chi connectivity index (χ0v) is 19.6. The van der Waals surface area contributed by atoms with Crippen molar-refractivity contribution >= 4 is 38.3 Å². The summed E-state index contributed by atoms with van der Waals surface area (Å²) in [4.78, 5) is 12.5. The van der Waals surface area contributed by atoms with Gasteiger partial charge in [0.05, 0.1) is 35.1 Å². The first kappa shape index (κ1) is 22.6. The van der Waals surface area contributed by atoms with Crippen LogP contribution < -0.4 is 5.32 Å². The van der Waals surface area contributed by atoms with E-state index >= 15 is 0 Å². The standard InChI is InChI=1S/C24H21BrF3N5O/c25-21-22(16-8-9-16)33(31-23(21)24(26,27)28)11-10-20(34)30-18-12-29-32(14-18)13-17-6-3-5-15-4-1-2-7-19(15)17/h1-7,12,14,16H,8-11,13H2,(H,30,34). The normalized spacial score (nSPS) is 14.0. The molecule has 1 aliphatic carbocycles. The highest BCUT2D eigenvalue weighted by Crippen LogP contribution is 2.47.